The molecule has 3 aliphatic heterocycles. The molecule has 0 radical (unpaired) electrons. The molecule has 0 saturated carbocycles. The number of carbonyl (C=O) groups is 3. The fourth-order valence-electron chi connectivity index (χ4n) is 5.00. The van der Waals surface area contributed by atoms with E-state index in [-0.39, 0.29) is 24.8 Å². The van der Waals surface area contributed by atoms with Gasteiger partial charge in [-0.25, -0.2) is 4.79 Å². The second-order valence-electron chi connectivity index (χ2n) is 8.49. The van der Waals surface area contributed by atoms with E-state index in [0.29, 0.717) is 24.3 Å². The zero-order valence-corrected chi connectivity index (χ0v) is 17.0. The van der Waals surface area contributed by atoms with Crippen molar-refractivity contribution in [3.63, 3.8) is 0 Å². The minimum atomic E-state index is -0.801. The highest BCUT2D eigenvalue weighted by molar-refractivity contribution is 6.05. The number of piperidine rings is 2. The van der Waals surface area contributed by atoms with Crippen molar-refractivity contribution in [1.82, 2.24) is 20.0 Å². The molecule has 0 bridgehead atoms. The second kappa shape index (κ2) is 8.57. The highest BCUT2D eigenvalue weighted by Crippen LogP contribution is 2.31. The maximum absolute atomic E-state index is 12.8. The van der Waals surface area contributed by atoms with E-state index in [1.165, 1.54) is 45.0 Å². The number of nitrogens with zero attached hydrogens (tertiary/aromatic N) is 3. The summed E-state index contributed by atoms with van der Waals surface area (Å²) in [5.41, 5.74) is 0. The van der Waals surface area contributed by atoms with Gasteiger partial charge in [0.25, 0.3) is 5.91 Å². The van der Waals surface area contributed by atoms with E-state index < -0.39 is 12.1 Å². The molecular formula is C21H30N4O4. The summed E-state index contributed by atoms with van der Waals surface area (Å²) in [4.78, 5) is 43.0. The third kappa shape index (κ3) is 4.32. The van der Waals surface area contributed by atoms with Crippen LogP contribution >= 0.6 is 0 Å². The number of hydrogen-bond donors (Lipinski definition) is 1. The van der Waals surface area contributed by atoms with Gasteiger partial charge in [-0.05, 0) is 56.8 Å². The molecule has 0 aliphatic carbocycles. The number of fused-ring (bicyclic) bond motifs is 1. The molecule has 8 nitrogen and oxygen atoms in total. The standard InChI is InChI=1S/C21H30N4O4/c1-23(13-15-6-4-10-24-9-3-2-8-18(15)24)19(26)12-17-20(27)25(21(28)22-17)14-16-7-5-11-29-16/h5,7,11,15,17-18H,2-4,6,8-10,12-14H2,1H3,(H,22,28). The highest BCUT2D eigenvalue weighted by Gasteiger charge is 2.40. The van der Waals surface area contributed by atoms with Gasteiger partial charge in [0.1, 0.15) is 11.8 Å². The summed E-state index contributed by atoms with van der Waals surface area (Å²) < 4.78 is 5.22. The van der Waals surface area contributed by atoms with E-state index in [9.17, 15) is 14.4 Å². The molecule has 3 atom stereocenters. The molecule has 4 rings (SSSR count). The maximum Gasteiger partial charge on any atom is 0.325 e. The van der Waals surface area contributed by atoms with Gasteiger partial charge in [-0.2, -0.15) is 0 Å². The molecule has 3 aliphatic rings. The van der Waals surface area contributed by atoms with Crippen LogP contribution in [0.15, 0.2) is 22.8 Å². The van der Waals surface area contributed by atoms with Crippen LogP contribution in [-0.2, 0) is 16.1 Å². The van der Waals surface area contributed by atoms with Crippen LogP contribution in [0.3, 0.4) is 0 Å². The minimum Gasteiger partial charge on any atom is -0.467 e. The third-order valence-electron chi connectivity index (χ3n) is 6.54. The van der Waals surface area contributed by atoms with Crippen LogP contribution in [0.1, 0.15) is 44.3 Å². The number of nitrogens with one attached hydrogen (secondary N) is 1. The van der Waals surface area contributed by atoms with Gasteiger partial charge in [0.05, 0.1) is 19.2 Å². The van der Waals surface area contributed by atoms with Crippen molar-refractivity contribution in [2.45, 2.75) is 57.2 Å². The molecule has 0 aromatic carbocycles. The lowest BCUT2D eigenvalue weighted by molar-refractivity contribution is -0.135. The molecule has 3 fully saturated rings. The molecule has 158 valence electrons. The first kappa shape index (κ1) is 19.9. The predicted molar refractivity (Wildman–Crippen MR) is 106 cm³/mol. The Kier molecular flexibility index (Phi) is 5.89. The summed E-state index contributed by atoms with van der Waals surface area (Å²) in [5.74, 6) is 0.551. The van der Waals surface area contributed by atoms with Gasteiger partial charge in [-0.3, -0.25) is 14.5 Å². The van der Waals surface area contributed by atoms with Gasteiger partial charge in [-0.15, -0.1) is 0 Å². The Bertz CT molecular complexity index is 748. The van der Waals surface area contributed by atoms with Crippen molar-refractivity contribution in [2.75, 3.05) is 26.7 Å². The monoisotopic (exact) mass is 402 g/mol. The van der Waals surface area contributed by atoms with Crippen LogP contribution in [0.25, 0.3) is 0 Å². The maximum atomic E-state index is 12.8. The Morgan fingerprint density at radius 1 is 1.24 bits per heavy atom. The summed E-state index contributed by atoms with van der Waals surface area (Å²) >= 11 is 0. The summed E-state index contributed by atoms with van der Waals surface area (Å²) in [6.07, 6.45) is 7.58. The van der Waals surface area contributed by atoms with E-state index >= 15 is 0 Å². The molecule has 3 saturated heterocycles. The Hall–Kier alpha value is -2.35. The molecule has 1 aromatic rings. The van der Waals surface area contributed by atoms with Crippen molar-refractivity contribution in [3.05, 3.63) is 24.2 Å². The zero-order chi connectivity index (χ0) is 20.4. The summed E-state index contributed by atoms with van der Waals surface area (Å²) in [6, 6.07) is 2.72. The molecule has 3 unspecified atom stereocenters. The molecular weight excluding hydrogens is 372 g/mol. The lowest BCUT2D eigenvalue weighted by atomic mass is 9.83. The Morgan fingerprint density at radius 3 is 2.86 bits per heavy atom. The van der Waals surface area contributed by atoms with Gasteiger partial charge in [0.2, 0.25) is 5.91 Å². The van der Waals surface area contributed by atoms with Crippen LogP contribution in [-0.4, -0.2) is 71.3 Å². The molecule has 1 aromatic heterocycles. The van der Waals surface area contributed by atoms with Gasteiger partial charge in [0.15, 0.2) is 0 Å². The third-order valence-corrected chi connectivity index (χ3v) is 6.54. The Morgan fingerprint density at radius 2 is 2.07 bits per heavy atom. The summed E-state index contributed by atoms with van der Waals surface area (Å²) in [7, 11) is 1.81. The first-order valence-corrected chi connectivity index (χ1v) is 10.6. The molecule has 1 N–H and O–H groups in total. The number of rotatable bonds is 6. The average molecular weight is 402 g/mol. The summed E-state index contributed by atoms with van der Waals surface area (Å²) in [6.45, 7) is 3.14. The van der Waals surface area contributed by atoms with E-state index in [4.69, 9.17) is 4.42 Å². The SMILES string of the molecule is CN(CC1CCCN2CCCCC12)C(=O)CC1NC(=O)N(Cc2ccco2)C1=O. The number of amides is 4. The molecule has 0 spiro atoms. The van der Waals surface area contributed by atoms with Crippen LogP contribution in [0, 0.1) is 5.92 Å². The van der Waals surface area contributed by atoms with Gasteiger partial charge in [0, 0.05) is 19.6 Å². The second-order valence-corrected chi connectivity index (χ2v) is 8.49. The summed E-state index contributed by atoms with van der Waals surface area (Å²) in [5, 5.41) is 2.64. The van der Waals surface area contributed by atoms with Crippen molar-refractivity contribution in [3.8, 4) is 0 Å². The van der Waals surface area contributed by atoms with Crippen LogP contribution in [0.2, 0.25) is 0 Å². The first-order chi connectivity index (χ1) is 14.0. The Labute approximate surface area is 171 Å². The predicted octanol–water partition coefficient (Wildman–Crippen LogP) is 1.81. The van der Waals surface area contributed by atoms with E-state index in [0.717, 1.165) is 11.3 Å². The smallest absolute Gasteiger partial charge is 0.325 e. The topological polar surface area (TPSA) is 86.1 Å². The van der Waals surface area contributed by atoms with Crippen LogP contribution in [0.4, 0.5) is 4.79 Å². The fourth-order valence-corrected chi connectivity index (χ4v) is 5.00. The van der Waals surface area contributed by atoms with Gasteiger partial charge < -0.3 is 19.5 Å². The molecule has 4 heterocycles. The Balaban J connectivity index is 1.31. The molecule has 4 amide bonds. The zero-order valence-electron chi connectivity index (χ0n) is 17.0. The fraction of sp³-hybridized carbons (Fsp3) is 0.667. The van der Waals surface area contributed by atoms with E-state index in [1.54, 1.807) is 17.0 Å². The molecule has 29 heavy (non-hydrogen) atoms. The minimum absolute atomic E-state index is 0.00315. The van der Waals surface area contributed by atoms with Crippen LogP contribution in [0.5, 0.6) is 0 Å². The lowest BCUT2D eigenvalue weighted by Crippen LogP contribution is -2.51. The lowest BCUT2D eigenvalue weighted by Gasteiger charge is -2.45. The number of carbonyl (C=O) groups excluding carboxylic acids is 3. The largest absolute Gasteiger partial charge is 0.467 e. The average Bonchev–Trinajstić information content (AvgIpc) is 3.32. The highest BCUT2D eigenvalue weighted by atomic mass is 16.3. The number of imide groups is 1. The van der Waals surface area contributed by atoms with E-state index in [2.05, 4.69) is 10.2 Å². The first-order valence-electron chi connectivity index (χ1n) is 10.6. The van der Waals surface area contributed by atoms with Crippen LogP contribution < -0.4 is 5.32 Å². The quantitative estimate of drug-likeness (QED) is 0.734. The van der Waals surface area contributed by atoms with Crippen molar-refractivity contribution >= 4 is 17.8 Å². The number of furan rings is 1. The van der Waals surface area contributed by atoms with E-state index in [1.807, 2.05) is 7.05 Å². The van der Waals surface area contributed by atoms with Crippen molar-refractivity contribution in [1.29, 1.82) is 0 Å². The van der Waals surface area contributed by atoms with Gasteiger partial charge in [-0.1, -0.05) is 6.42 Å². The van der Waals surface area contributed by atoms with Gasteiger partial charge >= 0.3 is 6.03 Å². The molecule has 8 heteroatoms. The normalized spacial score (nSPS) is 27.6. The number of hydrogen-bond acceptors (Lipinski definition) is 5. The number of urea groups is 1. The van der Waals surface area contributed by atoms with Crippen molar-refractivity contribution < 1.29 is 18.8 Å². The van der Waals surface area contributed by atoms with Crippen molar-refractivity contribution in [2.24, 2.45) is 5.92 Å².